The molecule has 1 atom stereocenters. The van der Waals surface area contributed by atoms with E-state index in [0.717, 1.165) is 0 Å². The monoisotopic (exact) mass is 504 g/mol. The topological polar surface area (TPSA) is 100 Å². The van der Waals surface area contributed by atoms with Crippen LogP contribution in [0.3, 0.4) is 0 Å². The lowest BCUT2D eigenvalue weighted by molar-refractivity contribution is 0.0266. The predicted octanol–water partition coefficient (Wildman–Crippen LogP) is 1.60. The molecule has 0 aromatic heterocycles. The van der Waals surface area contributed by atoms with Crippen LogP contribution in [0.25, 0.3) is 0 Å². The molecular weight excluding hydrogens is 471 g/mol. The number of rotatable bonds is 6. The summed E-state index contributed by atoms with van der Waals surface area (Å²) in [5, 5.41) is 6.26. The molecule has 0 aliphatic carbocycles. The van der Waals surface area contributed by atoms with E-state index >= 15 is 0 Å². The third-order valence-corrected chi connectivity index (χ3v) is 5.36. The highest BCUT2D eigenvalue weighted by atomic mass is 127. The minimum atomic E-state index is -2.94. The van der Waals surface area contributed by atoms with Gasteiger partial charge >= 0.3 is 6.09 Å². The number of sulfone groups is 1. The zero-order valence-electron chi connectivity index (χ0n) is 16.4. The number of likely N-dealkylation sites (N-methyl/N-ethyl adjacent to an activating group) is 1. The minimum Gasteiger partial charge on any atom is -0.444 e. The van der Waals surface area contributed by atoms with E-state index < -0.39 is 15.4 Å². The first-order valence-corrected chi connectivity index (χ1v) is 10.6. The van der Waals surface area contributed by atoms with Crippen molar-refractivity contribution in [1.82, 2.24) is 15.5 Å². The van der Waals surface area contributed by atoms with Crippen molar-refractivity contribution in [3.05, 3.63) is 0 Å². The number of carbonyl (C=O) groups is 1. The van der Waals surface area contributed by atoms with Crippen LogP contribution < -0.4 is 10.6 Å². The highest BCUT2D eigenvalue weighted by Gasteiger charge is 2.28. The van der Waals surface area contributed by atoms with E-state index in [1.54, 1.807) is 4.90 Å². The number of ether oxygens (including phenoxy) is 1. The van der Waals surface area contributed by atoms with Gasteiger partial charge in [-0.25, -0.2) is 13.2 Å². The maximum atomic E-state index is 12.1. The molecule has 26 heavy (non-hydrogen) atoms. The zero-order valence-corrected chi connectivity index (χ0v) is 19.5. The third-order valence-electron chi connectivity index (χ3n) is 3.59. The molecule has 0 spiro atoms. The molecule has 0 aromatic rings. The third kappa shape index (κ3) is 9.79. The lowest BCUT2D eigenvalue weighted by atomic mass is 10.2. The molecule has 0 radical (unpaired) electrons. The Morgan fingerprint density at radius 2 is 1.96 bits per heavy atom. The van der Waals surface area contributed by atoms with Crippen molar-refractivity contribution in [2.75, 3.05) is 37.7 Å². The number of hydrogen-bond acceptors (Lipinski definition) is 5. The summed E-state index contributed by atoms with van der Waals surface area (Å²) in [7, 11) is -2.94. The van der Waals surface area contributed by atoms with E-state index in [2.05, 4.69) is 15.6 Å². The van der Waals surface area contributed by atoms with Crippen LogP contribution in [0.5, 0.6) is 0 Å². The average molecular weight is 504 g/mol. The molecule has 2 N–H and O–H groups in total. The second-order valence-electron chi connectivity index (χ2n) is 7.06. The summed E-state index contributed by atoms with van der Waals surface area (Å²) in [4.78, 5) is 18.1. The molecule has 1 saturated heterocycles. The number of nitrogens with zero attached hydrogens (tertiary/aromatic N) is 2. The lowest BCUT2D eigenvalue weighted by Gasteiger charge is -2.26. The second-order valence-corrected chi connectivity index (χ2v) is 9.29. The summed E-state index contributed by atoms with van der Waals surface area (Å²) >= 11 is 0. The van der Waals surface area contributed by atoms with E-state index in [9.17, 15) is 13.2 Å². The van der Waals surface area contributed by atoms with Gasteiger partial charge in [0.15, 0.2) is 15.8 Å². The molecule has 0 bridgehead atoms. The molecule has 1 rings (SSSR count). The molecule has 154 valence electrons. The normalized spacial score (nSPS) is 19.4. The Kier molecular flexibility index (Phi) is 10.8. The molecule has 1 fully saturated rings. The Morgan fingerprint density at radius 1 is 1.31 bits per heavy atom. The minimum absolute atomic E-state index is 0. The fourth-order valence-corrected chi connectivity index (χ4v) is 4.08. The lowest BCUT2D eigenvalue weighted by Crippen LogP contribution is -2.44. The van der Waals surface area contributed by atoms with Gasteiger partial charge in [0.25, 0.3) is 0 Å². The van der Waals surface area contributed by atoms with Crippen LogP contribution >= 0.6 is 24.0 Å². The first-order chi connectivity index (χ1) is 11.6. The highest BCUT2D eigenvalue weighted by Crippen LogP contribution is 2.11. The molecular formula is C16H33IN4O4S. The van der Waals surface area contributed by atoms with Crippen LogP contribution in [0.15, 0.2) is 4.99 Å². The van der Waals surface area contributed by atoms with Gasteiger partial charge in [0, 0.05) is 25.7 Å². The van der Waals surface area contributed by atoms with E-state index in [4.69, 9.17) is 4.74 Å². The maximum absolute atomic E-state index is 12.1. The number of hydrogen-bond donors (Lipinski definition) is 2. The largest absolute Gasteiger partial charge is 0.444 e. The Bertz CT molecular complexity index is 575. The number of nitrogens with one attached hydrogen (secondary N) is 2. The van der Waals surface area contributed by atoms with Gasteiger partial charge in [-0.05, 0) is 41.0 Å². The maximum Gasteiger partial charge on any atom is 0.410 e. The fraction of sp³-hybridized carbons (Fsp3) is 0.875. The molecule has 8 nitrogen and oxygen atoms in total. The van der Waals surface area contributed by atoms with Crippen LogP contribution in [-0.4, -0.2) is 74.7 Å². The molecule has 0 aromatic carbocycles. The molecule has 1 amide bonds. The van der Waals surface area contributed by atoms with Gasteiger partial charge in [-0.15, -0.1) is 24.0 Å². The Labute approximate surface area is 174 Å². The summed E-state index contributed by atoms with van der Waals surface area (Å²) < 4.78 is 28.5. The van der Waals surface area contributed by atoms with E-state index in [-0.39, 0.29) is 47.6 Å². The van der Waals surface area contributed by atoms with Gasteiger partial charge in [-0.3, -0.25) is 4.99 Å². The highest BCUT2D eigenvalue weighted by molar-refractivity contribution is 14.0. The Morgan fingerprint density at radius 3 is 2.42 bits per heavy atom. The van der Waals surface area contributed by atoms with Gasteiger partial charge in [0.05, 0.1) is 18.1 Å². The molecule has 1 unspecified atom stereocenters. The number of carbonyl (C=O) groups excluding carboxylic acids is 1. The Balaban J connectivity index is 0.00000625. The molecule has 10 heteroatoms. The molecule has 1 aliphatic rings. The van der Waals surface area contributed by atoms with Crippen LogP contribution in [0.1, 0.15) is 41.0 Å². The van der Waals surface area contributed by atoms with E-state index in [1.807, 2.05) is 34.6 Å². The van der Waals surface area contributed by atoms with Crippen molar-refractivity contribution >= 4 is 45.9 Å². The average Bonchev–Trinajstić information content (AvgIpc) is 2.80. The van der Waals surface area contributed by atoms with E-state index in [1.165, 1.54) is 0 Å². The van der Waals surface area contributed by atoms with Crippen molar-refractivity contribution in [2.45, 2.75) is 52.7 Å². The summed E-state index contributed by atoms with van der Waals surface area (Å²) in [6.45, 7) is 11.4. The number of guanidine groups is 1. The van der Waals surface area contributed by atoms with Crippen LogP contribution in [-0.2, 0) is 14.6 Å². The van der Waals surface area contributed by atoms with Gasteiger partial charge in [-0.2, -0.15) is 0 Å². The van der Waals surface area contributed by atoms with Gasteiger partial charge < -0.3 is 20.3 Å². The van der Waals surface area contributed by atoms with Crippen molar-refractivity contribution in [1.29, 1.82) is 0 Å². The molecule has 1 heterocycles. The quantitative estimate of drug-likeness (QED) is 0.324. The fourth-order valence-electron chi connectivity index (χ4n) is 2.41. The SMILES string of the molecule is CCNC(=NCCN(CC)C(=O)OC(C)(C)C)NC1CCS(=O)(=O)C1.I. The first-order valence-electron chi connectivity index (χ1n) is 8.79. The summed E-state index contributed by atoms with van der Waals surface area (Å²) in [5.41, 5.74) is -0.530. The first kappa shape index (κ1) is 25.2. The summed E-state index contributed by atoms with van der Waals surface area (Å²) in [6.07, 6.45) is 0.233. The summed E-state index contributed by atoms with van der Waals surface area (Å²) in [5.74, 6) is 0.924. The molecule has 0 saturated carbocycles. The van der Waals surface area contributed by atoms with Crippen molar-refractivity contribution in [3.63, 3.8) is 0 Å². The number of halogens is 1. The zero-order chi connectivity index (χ0) is 19.1. The summed E-state index contributed by atoms with van der Waals surface area (Å²) in [6, 6.07) is -0.115. The van der Waals surface area contributed by atoms with Gasteiger partial charge in [0.2, 0.25) is 0 Å². The second kappa shape index (κ2) is 11.2. The van der Waals surface area contributed by atoms with Gasteiger partial charge in [-0.1, -0.05) is 0 Å². The van der Waals surface area contributed by atoms with E-state index in [0.29, 0.717) is 38.6 Å². The number of aliphatic imine (C=N–C) groups is 1. The van der Waals surface area contributed by atoms with Crippen LogP contribution in [0, 0.1) is 0 Å². The smallest absolute Gasteiger partial charge is 0.410 e. The van der Waals surface area contributed by atoms with Gasteiger partial charge in [0.1, 0.15) is 5.60 Å². The van der Waals surface area contributed by atoms with Crippen molar-refractivity contribution in [2.24, 2.45) is 4.99 Å². The van der Waals surface area contributed by atoms with Crippen molar-refractivity contribution < 1.29 is 17.9 Å². The Hall–Kier alpha value is -0.780. The van der Waals surface area contributed by atoms with Crippen molar-refractivity contribution in [3.8, 4) is 0 Å². The predicted molar refractivity (Wildman–Crippen MR) is 115 cm³/mol. The standard InChI is InChI=1S/C16H32N4O4S.HI/c1-6-17-14(19-13-8-11-25(22,23)12-13)18-9-10-20(7-2)15(21)24-16(3,4)5;/h13H,6-12H2,1-5H3,(H2,17,18,19);1H. The van der Waals surface area contributed by atoms with Crippen LogP contribution in [0.2, 0.25) is 0 Å². The van der Waals surface area contributed by atoms with Crippen LogP contribution in [0.4, 0.5) is 4.79 Å². The number of amides is 1. The molecule has 1 aliphatic heterocycles.